The molecule has 2 aliphatic carbocycles. The normalized spacial score (nSPS) is 26.8. The molecule has 1 aromatic carbocycles. The van der Waals surface area contributed by atoms with E-state index in [-0.39, 0.29) is 36.3 Å². The van der Waals surface area contributed by atoms with Gasteiger partial charge in [0.25, 0.3) is 0 Å². The minimum Gasteiger partial charge on any atom is -0.504 e. The van der Waals surface area contributed by atoms with Gasteiger partial charge in [-0.15, -0.1) is 0 Å². The fourth-order valence-corrected chi connectivity index (χ4v) is 7.41. The van der Waals surface area contributed by atoms with E-state index in [0.717, 1.165) is 5.56 Å². The molecule has 250 valence electrons. The Bertz CT molecular complexity index is 1460. The third-order valence-electron chi connectivity index (χ3n) is 9.51. The molecule has 0 radical (unpaired) electrons. The molecule has 0 aromatic heterocycles. The first-order valence-electron chi connectivity index (χ1n) is 15.3. The van der Waals surface area contributed by atoms with Crippen LogP contribution in [0.4, 0.5) is 0 Å². The predicted molar refractivity (Wildman–Crippen MR) is 158 cm³/mol. The maximum atomic E-state index is 13.1. The zero-order valence-electron chi connectivity index (χ0n) is 25.7. The summed E-state index contributed by atoms with van der Waals surface area (Å²) in [6.45, 7) is 2.01. The van der Waals surface area contributed by atoms with Gasteiger partial charge in [-0.3, -0.25) is 19.2 Å². The number of carboxylic acid groups (broad SMARTS) is 1. The van der Waals surface area contributed by atoms with E-state index >= 15 is 0 Å². The average Bonchev–Trinajstić information content (AvgIpc) is 3.35. The molecule has 2 aliphatic heterocycles. The van der Waals surface area contributed by atoms with Crippen molar-refractivity contribution in [1.29, 1.82) is 0 Å². The van der Waals surface area contributed by atoms with E-state index in [1.807, 2.05) is 13.1 Å². The van der Waals surface area contributed by atoms with Crippen molar-refractivity contribution in [1.82, 2.24) is 15.5 Å². The quantitative estimate of drug-likeness (QED) is 0.147. The van der Waals surface area contributed by atoms with E-state index in [9.17, 15) is 39.3 Å². The first-order valence-corrected chi connectivity index (χ1v) is 15.3. The van der Waals surface area contributed by atoms with Crippen LogP contribution in [0.15, 0.2) is 24.0 Å². The van der Waals surface area contributed by atoms with Gasteiger partial charge in [0.1, 0.15) is 11.8 Å². The largest absolute Gasteiger partial charge is 0.504 e. The first-order chi connectivity index (χ1) is 21.8. The minimum atomic E-state index is -1.87. The van der Waals surface area contributed by atoms with Crippen LogP contribution in [-0.4, -0.2) is 107 Å². The highest BCUT2D eigenvalue weighted by molar-refractivity contribution is 5.87. The number of nitrogens with one attached hydrogen (secondary N) is 2. The number of aliphatic carboxylic acids is 1. The summed E-state index contributed by atoms with van der Waals surface area (Å²) in [5, 5.41) is 37.5. The first kappa shape index (κ1) is 33.2. The molecule has 15 heteroatoms. The molecule has 0 saturated carbocycles. The van der Waals surface area contributed by atoms with Crippen LogP contribution in [0.1, 0.15) is 56.6 Å². The van der Waals surface area contributed by atoms with Gasteiger partial charge in [0.15, 0.2) is 17.6 Å². The Morgan fingerprint density at radius 1 is 1.22 bits per heavy atom. The number of carbonyl (C=O) groups excluding carboxylic acids is 4. The number of likely N-dealkylation sites (N-methyl/N-ethyl adjacent to an activating group) is 1. The summed E-state index contributed by atoms with van der Waals surface area (Å²) in [6, 6.07) is 2.27. The summed E-state index contributed by atoms with van der Waals surface area (Å²) >= 11 is 0. The second kappa shape index (κ2) is 12.9. The summed E-state index contributed by atoms with van der Waals surface area (Å²) < 4.78 is 16.9. The van der Waals surface area contributed by atoms with E-state index in [0.29, 0.717) is 44.3 Å². The highest BCUT2D eigenvalue weighted by Gasteiger charge is 2.72. The second-order valence-electron chi connectivity index (χ2n) is 12.3. The zero-order chi connectivity index (χ0) is 33.4. The van der Waals surface area contributed by atoms with E-state index in [1.54, 1.807) is 6.08 Å². The Balaban J connectivity index is 1.22. The number of carbonyl (C=O) groups is 5. The van der Waals surface area contributed by atoms with Crippen LogP contribution in [-0.2, 0) is 45.3 Å². The number of esters is 2. The number of hydrogen-bond donors (Lipinski definition) is 6. The lowest BCUT2D eigenvalue weighted by molar-refractivity contribution is -0.173. The summed E-state index contributed by atoms with van der Waals surface area (Å²) in [4.78, 5) is 63.3. The number of phenolic OH excluding ortho intramolecular Hbond substituents is 1. The maximum Gasteiger partial charge on any atom is 0.345 e. The Morgan fingerprint density at radius 3 is 2.67 bits per heavy atom. The third-order valence-corrected chi connectivity index (χ3v) is 9.51. The molecule has 2 amide bonds. The summed E-state index contributed by atoms with van der Waals surface area (Å²) in [5.74, 6) is -4.26. The molecule has 15 nitrogen and oxygen atoms in total. The Kier molecular flexibility index (Phi) is 9.29. The summed E-state index contributed by atoms with van der Waals surface area (Å²) in [5.41, 5.74) is 4.85. The van der Waals surface area contributed by atoms with Crippen molar-refractivity contribution in [2.45, 2.75) is 87.2 Å². The molecule has 6 atom stereocenters. The van der Waals surface area contributed by atoms with Crippen LogP contribution >= 0.6 is 0 Å². The van der Waals surface area contributed by atoms with Gasteiger partial charge < -0.3 is 50.8 Å². The number of phenols is 1. The molecular weight excluding hydrogens is 604 g/mol. The minimum absolute atomic E-state index is 0.0861. The summed E-state index contributed by atoms with van der Waals surface area (Å²) in [7, 11) is 1.94. The Labute approximate surface area is 265 Å². The van der Waals surface area contributed by atoms with E-state index < -0.39 is 71.8 Å². The standard InChI is InChI=1S/C31H40N4O11/c1-16(36)34-18(4-3-11-32)28(40)33-12-8-23(38)45-21(29(41)42)15-24(39)44-20-7-9-31(43)22-14-17-5-6-19(37)26-25(17)30(31,27(20)46-26)10-13-35(22)2/h5-7,18,21-22,27,37,43H,3-4,8-15,32H2,1-2H3,(H,33,40)(H,34,36)(H,41,42)/t18?,21-,22+,27-,30-,31+/m0/s1. The van der Waals surface area contributed by atoms with Gasteiger partial charge in [-0.1, -0.05) is 6.07 Å². The number of aromatic hydroxyl groups is 1. The molecular formula is C31H40N4O11. The van der Waals surface area contributed by atoms with Crippen molar-refractivity contribution in [3.05, 3.63) is 35.1 Å². The fraction of sp³-hybridized carbons (Fsp3) is 0.581. The number of likely N-dealkylation sites (tertiary alicyclic amines) is 1. The smallest absolute Gasteiger partial charge is 0.345 e. The van der Waals surface area contributed by atoms with Gasteiger partial charge in [-0.2, -0.15) is 0 Å². The van der Waals surface area contributed by atoms with Crippen LogP contribution in [0.25, 0.3) is 0 Å². The number of benzene rings is 1. The van der Waals surface area contributed by atoms with E-state index in [1.165, 1.54) is 13.0 Å². The highest BCUT2D eigenvalue weighted by Crippen LogP contribution is 2.65. The summed E-state index contributed by atoms with van der Waals surface area (Å²) in [6.07, 6.45) is -0.532. The molecule has 2 bridgehead atoms. The van der Waals surface area contributed by atoms with Crippen molar-refractivity contribution in [3.8, 4) is 11.5 Å². The van der Waals surface area contributed by atoms with Crippen molar-refractivity contribution in [2.75, 3.05) is 26.7 Å². The zero-order valence-corrected chi connectivity index (χ0v) is 25.7. The number of piperidine rings is 1. The SMILES string of the molecule is CC(=O)NC(CCCN)C(=O)NCCC(=O)O[C@@H](CC(=O)OC1=CC[C@@]2(O)[C@H]3Cc4ccc(O)c5c4[C@@]2(CCN3C)[C@H]1O5)C(=O)O. The number of nitrogens with two attached hydrogens (primary N) is 1. The molecule has 1 spiro atoms. The topological polar surface area (TPSA) is 227 Å². The molecule has 1 saturated heterocycles. The molecule has 5 rings (SSSR count). The van der Waals surface area contributed by atoms with Crippen molar-refractivity contribution >= 4 is 29.7 Å². The molecule has 46 heavy (non-hydrogen) atoms. The third kappa shape index (κ3) is 5.78. The lowest BCUT2D eigenvalue weighted by atomic mass is 9.50. The Hall–Kier alpha value is -4.21. The van der Waals surface area contributed by atoms with Gasteiger partial charge in [0.2, 0.25) is 17.9 Å². The monoisotopic (exact) mass is 644 g/mol. The molecule has 1 fully saturated rings. The number of hydrogen-bond acceptors (Lipinski definition) is 12. The molecule has 1 aromatic rings. The van der Waals surface area contributed by atoms with Gasteiger partial charge in [0.05, 0.1) is 23.9 Å². The van der Waals surface area contributed by atoms with Crippen molar-refractivity contribution < 1.29 is 53.5 Å². The number of carboxylic acids is 1. The van der Waals surface area contributed by atoms with E-state index in [2.05, 4.69) is 15.5 Å². The van der Waals surface area contributed by atoms with Gasteiger partial charge in [-0.25, -0.2) is 4.79 Å². The van der Waals surface area contributed by atoms with Crippen LogP contribution in [0.3, 0.4) is 0 Å². The Morgan fingerprint density at radius 2 is 1.98 bits per heavy atom. The van der Waals surface area contributed by atoms with Crippen LogP contribution in [0.5, 0.6) is 11.5 Å². The molecule has 1 unspecified atom stereocenters. The highest BCUT2D eigenvalue weighted by atomic mass is 16.6. The van der Waals surface area contributed by atoms with Crippen molar-refractivity contribution in [2.24, 2.45) is 5.73 Å². The van der Waals surface area contributed by atoms with Crippen LogP contribution in [0, 0.1) is 0 Å². The number of amides is 2. The maximum absolute atomic E-state index is 13.1. The molecule has 4 aliphatic rings. The molecule has 7 N–H and O–H groups in total. The van der Waals surface area contributed by atoms with Crippen LogP contribution < -0.4 is 21.1 Å². The van der Waals surface area contributed by atoms with Gasteiger partial charge in [-0.05, 0) is 63.5 Å². The van der Waals surface area contributed by atoms with E-state index in [4.69, 9.17) is 19.9 Å². The lowest BCUT2D eigenvalue weighted by Gasteiger charge is -2.61. The average molecular weight is 645 g/mol. The number of nitrogens with zero attached hydrogens (tertiary/aromatic N) is 1. The van der Waals surface area contributed by atoms with Gasteiger partial charge >= 0.3 is 17.9 Å². The second-order valence-corrected chi connectivity index (χ2v) is 12.3. The number of aliphatic hydroxyl groups is 1. The number of ether oxygens (including phenoxy) is 3. The predicted octanol–water partition coefficient (Wildman–Crippen LogP) is -0.650. The van der Waals surface area contributed by atoms with Crippen LogP contribution in [0.2, 0.25) is 0 Å². The molecule has 2 heterocycles. The fourth-order valence-electron chi connectivity index (χ4n) is 7.41. The van der Waals surface area contributed by atoms with Crippen molar-refractivity contribution in [3.63, 3.8) is 0 Å². The van der Waals surface area contributed by atoms with Gasteiger partial charge in [0, 0.05) is 31.5 Å². The number of rotatable bonds is 13. The lowest BCUT2D eigenvalue weighted by Crippen LogP contribution is -2.74.